The molecule has 1 rings (SSSR count). The van der Waals surface area contributed by atoms with E-state index < -0.39 is 0 Å². The first kappa shape index (κ1) is 12.5. The van der Waals surface area contributed by atoms with Crippen LogP contribution >= 0.6 is 23.2 Å². The van der Waals surface area contributed by atoms with Crippen LogP contribution in [0.4, 0.5) is 5.82 Å². The first-order valence-electron chi connectivity index (χ1n) is 4.65. The molecule has 0 amide bonds. The van der Waals surface area contributed by atoms with E-state index in [1.807, 2.05) is 0 Å². The summed E-state index contributed by atoms with van der Waals surface area (Å²) in [6.07, 6.45) is 3.47. The van der Waals surface area contributed by atoms with Crippen molar-refractivity contribution < 1.29 is 4.74 Å². The molecule has 0 aliphatic rings. The van der Waals surface area contributed by atoms with Gasteiger partial charge in [0.25, 0.3) is 0 Å². The second kappa shape index (κ2) is 6.82. The summed E-state index contributed by atoms with van der Waals surface area (Å²) < 4.78 is 4.94. The number of methoxy groups -OCH3 is 1. The van der Waals surface area contributed by atoms with E-state index in [1.165, 1.54) is 6.20 Å². The Bertz CT molecular complexity index is 309. The van der Waals surface area contributed by atoms with Gasteiger partial charge >= 0.3 is 0 Å². The predicted octanol–water partition coefficient (Wildman–Crippen LogP) is 2.62. The normalized spacial score (nSPS) is 10.3. The molecule has 1 aromatic rings. The number of hydrogen-bond acceptors (Lipinski definition) is 4. The molecule has 0 aliphatic carbocycles. The van der Waals surface area contributed by atoms with Crippen LogP contribution in [-0.4, -0.2) is 30.2 Å². The van der Waals surface area contributed by atoms with Gasteiger partial charge in [0, 0.05) is 20.3 Å². The smallest absolute Gasteiger partial charge is 0.224 e. The third-order valence-corrected chi connectivity index (χ3v) is 2.24. The van der Waals surface area contributed by atoms with E-state index in [9.17, 15) is 0 Å². The fourth-order valence-electron chi connectivity index (χ4n) is 1.05. The largest absolute Gasteiger partial charge is 0.385 e. The van der Waals surface area contributed by atoms with Gasteiger partial charge in [0.15, 0.2) is 0 Å². The molecule has 1 N–H and O–H groups in total. The maximum Gasteiger partial charge on any atom is 0.224 e. The van der Waals surface area contributed by atoms with Crippen LogP contribution in [-0.2, 0) is 4.74 Å². The minimum Gasteiger partial charge on any atom is -0.385 e. The zero-order valence-electron chi connectivity index (χ0n) is 8.46. The standard InChI is InChI=1S/C9H13Cl2N3O/c1-15-5-3-2-4-12-8-7(10)6-13-9(11)14-8/h6H,2-5H2,1H3,(H,12,13,14). The molecule has 6 heteroatoms. The second-order valence-corrected chi connectivity index (χ2v) is 3.71. The summed E-state index contributed by atoms with van der Waals surface area (Å²) in [5.41, 5.74) is 0. The van der Waals surface area contributed by atoms with E-state index in [4.69, 9.17) is 27.9 Å². The van der Waals surface area contributed by atoms with E-state index >= 15 is 0 Å². The Morgan fingerprint density at radius 2 is 2.20 bits per heavy atom. The Kier molecular flexibility index (Phi) is 5.68. The van der Waals surface area contributed by atoms with Crippen molar-refractivity contribution in [1.82, 2.24) is 9.97 Å². The summed E-state index contributed by atoms with van der Waals surface area (Å²) in [6, 6.07) is 0. The lowest BCUT2D eigenvalue weighted by atomic mass is 10.3. The summed E-state index contributed by atoms with van der Waals surface area (Å²) in [4.78, 5) is 7.73. The Labute approximate surface area is 99.0 Å². The van der Waals surface area contributed by atoms with Gasteiger partial charge in [0.05, 0.1) is 6.20 Å². The van der Waals surface area contributed by atoms with Crippen molar-refractivity contribution in [3.63, 3.8) is 0 Å². The average Bonchev–Trinajstić information content (AvgIpc) is 2.23. The lowest BCUT2D eigenvalue weighted by Crippen LogP contribution is -2.05. The number of anilines is 1. The number of unbranched alkanes of at least 4 members (excludes halogenated alkanes) is 1. The first-order valence-corrected chi connectivity index (χ1v) is 5.40. The van der Waals surface area contributed by atoms with Crippen LogP contribution in [0.5, 0.6) is 0 Å². The van der Waals surface area contributed by atoms with Gasteiger partial charge in [-0.2, -0.15) is 4.98 Å². The molecule has 0 spiro atoms. The van der Waals surface area contributed by atoms with E-state index in [2.05, 4.69) is 15.3 Å². The number of rotatable bonds is 6. The predicted molar refractivity (Wildman–Crippen MR) is 61.7 cm³/mol. The van der Waals surface area contributed by atoms with Crippen LogP contribution < -0.4 is 5.32 Å². The van der Waals surface area contributed by atoms with E-state index in [0.29, 0.717) is 10.8 Å². The molecule has 0 aromatic carbocycles. The molecular formula is C9H13Cl2N3O. The van der Waals surface area contributed by atoms with Crippen molar-refractivity contribution in [3.05, 3.63) is 16.5 Å². The molecule has 0 bridgehead atoms. The van der Waals surface area contributed by atoms with Gasteiger partial charge < -0.3 is 10.1 Å². The van der Waals surface area contributed by atoms with Crippen molar-refractivity contribution in [3.8, 4) is 0 Å². The van der Waals surface area contributed by atoms with Gasteiger partial charge in [-0.05, 0) is 24.4 Å². The van der Waals surface area contributed by atoms with Gasteiger partial charge in [0.2, 0.25) is 5.28 Å². The molecule has 0 saturated heterocycles. The van der Waals surface area contributed by atoms with Gasteiger partial charge in [-0.3, -0.25) is 0 Å². The van der Waals surface area contributed by atoms with E-state index in [-0.39, 0.29) is 5.28 Å². The summed E-state index contributed by atoms with van der Waals surface area (Å²) in [6.45, 7) is 1.55. The van der Waals surface area contributed by atoms with E-state index in [1.54, 1.807) is 7.11 Å². The summed E-state index contributed by atoms with van der Waals surface area (Å²) >= 11 is 11.5. The highest BCUT2D eigenvalue weighted by Gasteiger charge is 2.02. The van der Waals surface area contributed by atoms with Crippen LogP contribution in [0.25, 0.3) is 0 Å². The molecule has 0 radical (unpaired) electrons. The average molecular weight is 250 g/mol. The molecule has 0 unspecified atom stereocenters. The fourth-order valence-corrected chi connectivity index (χ4v) is 1.34. The quantitative estimate of drug-likeness (QED) is 0.622. The minimum absolute atomic E-state index is 0.193. The molecule has 1 aromatic heterocycles. The number of nitrogens with one attached hydrogen (secondary N) is 1. The van der Waals surface area contributed by atoms with Gasteiger partial charge in [-0.25, -0.2) is 4.98 Å². The van der Waals surface area contributed by atoms with Gasteiger partial charge in [-0.15, -0.1) is 0 Å². The van der Waals surface area contributed by atoms with E-state index in [0.717, 1.165) is 26.0 Å². The highest BCUT2D eigenvalue weighted by molar-refractivity contribution is 6.33. The molecule has 4 nitrogen and oxygen atoms in total. The maximum atomic E-state index is 5.87. The topological polar surface area (TPSA) is 47.0 Å². The lowest BCUT2D eigenvalue weighted by molar-refractivity contribution is 0.194. The number of hydrogen-bond donors (Lipinski definition) is 1. The Hall–Kier alpha value is -0.580. The molecule has 0 aliphatic heterocycles. The number of ether oxygens (including phenoxy) is 1. The molecule has 0 atom stereocenters. The third-order valence-electron chi connectivity index (χ3n) is 1.78. The van der Waals surface area contributed by atoms with Crippen LogP contribution in [0.2, 0.25) is 10.3 Å². The molecule has 0 fully saturated rings. The van der Waals surface area contributed by atoms with Gasteiger partial charge in [-0.1, -0.05) is 11.6 Å². The molecular weight excluding hydrogens is 237 g/mol. The number of halogens is 2. The van der Waals surface area contributed by atoms with Crippen molar-refractivity contribution in [2.24, 2.45) is 0 Å². The van der Waals surface area contributed by atoms with Crippen molar-refractivity contribution in [2.75, 3.05) is 25.6 Å². The molecule has 0 saturated carbocycles. The third kappa shape index (κ3) is 4.64. The van der Waals surface area contributed by atoms with Crippen molar-refractivity contribution >= 4 is 29.0 Å². The van der Waals surface area contributed by atoms with Crippen molar-refractivity contribution in [1.29, 1.82) is 0 Å². The molecule has 1 heterocycles. The van der Waals surface area contributed by atoms with Crippen LogP contribution in [0.15, 0.2) is 6.20 Å². The Morgan fingerprint density at radius 1 is 1.40 bits per heavy atom. The van der Waals surface area contributed by atoms with Crippen molar-refractivity contribution in [2.45, 2.75) is 12.8 Å². The zero-order valence-corrected chi connectivity index (χ0v) is 9.98. The second-order valence-electron chi connectivity index (χ2n) is 2.96. The Balaban J connectivity index is 2.33. The number of nitrogens with zero attached hydrogens (tertiary/aromatic N) is 2. The Morgan fingerprint density at radius 3 is 2.93 bits per heavy atom. The zero-order chi connectivity index (χ0) is 11.1. The van der Waals surface area contributed by atoms with Gasteiger partial charge in [0.1, 0.15) is 10.8 Å². The molecule has 84 valence electrons. The summed E-state index contributed by atoms with van der Waals surface area (Å²) in [5, 5.41) is 3.76. The highest BCUT2D eigenvalue weighted by atomic mass is 35.5. The maximum absolute atomic E-state index is 5.87. The van der Waals surface area contributed by atoms with Crippen LogP contribution in [0.1, 0.15) is 12.8 Å². The first-order chi connectivity index (χ1) is 7.24. The lowest BCUT2D eigenvalue weighted by Gasteiger charge is -2.06. The fraction of sp³-hybridized carbons (Fsp3) is 0.556. The SMILES string of the molecule is COCCCCNc1nc(Cl)ncc1Cl. The number of aromatic nitrogens is 2. The van der Waals surface area contributed by atoms with Crippen LogP contribution in [0.3, 0.4) is 0 Å². The van der Waals surface area contributed by atoms with Crippen LogP contribution in [0, 0.1) is 0 Å². The monoisotopic (exact) mass is 249 g/mol. The highest BCUT2D eigenvalue weighted by Crippen LogP contribution is 2.19. The summed E-state index contributed by atoms with van der Waals surface area (Å²) in [7, 11) is 1.69. The summed E-state index contributed by atoms with van der Waals surface area (Å²) in [5.74, 6) is 0.578. The minimum atomic E-state index is 0.193. The molecule has 15 heavy (non-hydrogen) atoms.